The number of carboxylic acids is 1. The van der Waals surface area contributed by atoms with Crippen molar-refractivity contribution in [3.05, 3.63) is 11.1 Å². The minimum Gasteiger partial charge on any atom is -0.481 e. The maximum atomic E-state index is 10.5. The summed E-state index contributed by atoms with van der Waals surface area (Å²) in [7, 11) is 0. The van der Waals surface area contributed by atoms with E-state index in [4.69, 9.17) is 5.11 Å². The second-order valence-electron chi connectivity index (χ2n) is 4.31. The summed E-state index contributed by atoms with van der Waals surface area (Å²) in [5, 5.41) is 14.6. The van der Waals surface area contributed by atoms with Gasteiger partial charge in [-0.05, 0) is 19.1 Å². The summed E-state index contributed by atoms with van der Waals surface area (Å²) in [4.78, 5) is 14.8. The van der Waals surface area contributed by atoms with Crippen LogP contribution in [0.5, 0.6) is 0 Å². The SMILES string of the molecule is CSC1(CNc2nc(CC(=O)O)cs2)CCC1. The molecule has 1 aliphatic carbocycles. The molecule has 17 heavy (non-hydrogen) atoms. The van der Waals surface area contributed by atoms with Crippen LogP contribution in [0.3, 0.4) is 0 Å². The molecule has 2 N–H and O–H groups in total. The van der Waals surface area contributed by atoms with E-state index < -0.39 is 5.97 Å². The summed E-state index contributed by atoms with van der Waals surface area (Å²) in [6, 6.07) is 0. The van der Waals surface area contributed by atoms with Gasteiger partial charge in [-0.25, -0.2) is 4.98 Å². The third kappa shape index (κ3) is 3.13. The van der Waals surface area contributed by atoms with Crippen molar-refractivity contribution >= 4 is 34.2 Å². The molecule has 0 radical (unpaired) electrons. The van der Waals surface area contributed by atoms with Crippen LogP contribution in [0, 0.1) is 0 Å². The van der Waals surface area contributed by atoms with Crippen molar-refractivity contribution in [1.82, 2.24) is 4.98 Å². The first-order valence-corrected chi connectivity index (χ1v) is 7.69. The minimum absolute atomic E-state index is 0.00580. The average Bonchev–Trinajstić information content (AvgIpc) is 2.64. The molecule has 2 rings (SSSR count). The van der Waals surface area contributed by atoms with Gasteiger partial charge in [0.15, 0.2) is 5.13 Å². The van der Waals surface area contributed by atoms with E-state index in [1.165, 1.54) is 30.6 Å². The molecular weight excluding hydrogens is 256 g/mol. The Hall–Kier alpha value is -0.750. The Bertz CT molecular complexity index is 396. The monoisotopic (exact) mass is 272 g/mol. The van der Waals surface area contributed by atoms with E-state index in [1.807, 2.05) is 17.1 Å². The number of aromatic nitrogens is 1. The Labute approximate surface area is 109 Å². The normalized spacial score (nSPS) is 17.5. The number of anilines is 1. The predicted octanol–water partition coefficient (Wildman–Crippen LogP) is 2.47. The molecule has 0 bridgehead atoms. The third-order valence-corrected chi connectivity index (χ3v) is 5.41. The molecule has 0 saturated heterocycles. The van der Waals surface area contributed by atoms with E-state index in [0.29, 0.717) is 10.4 Å². The summed E-state index contributed by atoms with van der Waals surface area (Å²) in [6.07, 6.45) is 5.98. The zero-order valence-electron chi connectivity index (χ0n) is 9.73. The standard InChI is InChI=1S/C11H16N2O2S2/c1-16-11(3-2-4-11)7-12-10-13-8(6-17-10)5-9(14)15/h6H,2-5,7H2,1H3,(H,12,13)(H,14,15). The molecule has 1 aromatic rings. The number of hydrogen-bond acceptors (Lipinski definition) is 5. The van der Waals surface area contributed by atoms with Gasteiger partial charge in [-0.3, -0.25) is 4.79 Å². The Morgan fingerprint density at radius 1 is 1.71 bits per heavy atom. The Balaban J connectivity index is 1.86. The minimum atomic E-state index is -0.832. The molecule has 94 valence electrons. The number of carboxylic acid groups (broad SMARTS) is 1. The van der Waals surface area contributed by atoms with Crippen LogP contribution in [-0.4, -0.2) is 33.6 Å². The van der Waals surface area contributed by atoms with E-state index in [9.17, 15) is 4.79 Å². The molecule has 6 heteroatoms. The lowest BCUT2D eigenvalue weighted by molar-refractivity contribution is -0.136. The molecule has 1 saturated carbocycles. The number of thiazole rings is 1. The largest absolute Gasteiger partial charge is 0.481 e. The van der Waals surface area contributed by atoms with E-state index in [1.54, 1.807) is 0 Å². The molecule has 4 nitrogen and oxygen atoms in total. The molecule has 0 aliphatic heterocycles. The first-order valence-electron chi connectivity index (χ1n) is 5.59. The van der Waals surface area contributed by atoms with Gasteiger partial charge in [0.1, 0.15) is 0 Å². The number of carbonyl (C=O) groups is 1. The first-order chi connectivity index (χ1) is 8.13. The molecule has 0 unspecified atom stereocenters. The fourth-order valence-corrected chi connectivity index (χ4v) is 3.51. The Morgan fingerprint density at radius 3 is 3.00 bits per heavy atom. The summed E-state index contributed by atoms with van der Waals surface area (Å²) in [6.45, 7) is 0.925. The van der Waals surface area contributed by atoms with Gasteiger partial charge in [0, 0.05) is 16.7 Å². The van der Waals surface area contributed by atoms with Gasteiger partial charge in [-0.1, -0.05) is 6.42 Å². The first kappa shape index (κ1) is 12.7. The maximum absolute atomic E-state index is 10.5. The summed E-state index contributed by atoms with van der Waals surface area (Å²) >= 11 is 3.40. The quantitative estimate of drug-likeness (QED) is 0.833. The van der Waals surface area contributed by atoms with Crippen molar-refractivity contribution in [3.8, 4) is 0 Å². The van der Waals surface area contributed by atoms with E-state index in [0.717, 1.165) is 11.7 Å². The van der Waals surface area contributed by atoms with Gasteiger partial charge < -0.3 is 10.4 Å². The van der Waals surface area contributed by atoms with Crippen molar-refractivity contribution in [2.24, 2.45) is 0 Å². The Kier molecular flexibility index (Phi) is 3.93. The van der Waals surface area contributed by atoms with Gasteiger partial charge in [0.25, 0.3) is 0 Å². The van der Waals surface area contributed by atoms with Gasteiger partial charge in [-0.15, -0.1) is 11.3 Å². The van der Waals surface area contributed by atoms with Crippen LogP contribution in [-0.2, 0) is 11.2 Å². The highest BCUT2D eigenvalue weighted by Crippen LogP contribution is 2.42. The second kappa shape index (κ2) is 5.27. The molecule has 0 spiro atoms. The fraction of sp³-hybridized carbons (Fsp3) is 0.636. The zero-order valence-corrected chi connectivity index (χ0v) is 11.4. The van der Waals surface area contributed by atoms with Crippen molar-refractivity contribution in [2.75, 3.05) is 18.1 Å². The smallest absolute Gasteiger partial charge is 0.309 e. The summed E-state index contributed by atoms with van der Waals surface area (Å²) in [5.74, 6) is -0.832. The van der Waals surface area contributed by atoms with Crippen LogP contribution in [0.15, 0.2) is 5.38 Å². The molecule has 0 atom stereocenters. The van der Waals surface area contributed by atoms with E-state index >= 15 is 0 Å². The number of nitrogens with one attached hydrogen (secondary N) is 1. The second-order valence-corrected chi connectivity index (χ2v) is 6.44. The van der Waals surface area contributed by atoms with Crippen LogP contribution in [0.25, 0.3) is 0 Å². The maximum Gasteiger partial charge on any atom is 0.309 e. The molecule has 1 heterocycles. The summed E-state index contributed by atoms with van der Waals surface area (Å²) in [5.41, 5.74) is 0.636. The number of aliphatic carboxylic acids is 1. The number of rotatable bonds is 6. The average molecular weight is 272 g/mol. The molecule has 0 aromatic carbocycles. The lowest BCUT2D eigenvalue weighted by atomic mass is 9.84. The van der Waals surface area contributed by atoms with Gasteiger partial charge in [-0.2, -0.15) is 11.8 Å². The van der Waals surface area contributed by atoms with Gasteiger partial charge >= 0.3 is 5.97 Å². The molecule has 1 fully saturated rings. The fourth-order valence-electron chi connectivity index (χ4n) is 1.89. The van der Waals surface area contributed by atoms with Gasteiger partial charge in [0.05, 0.1) is 12.1 Å². The van der Waals surface area contributed by atoms with Crippen LogP contribution in [0.4, 0.5) is 5.13 Å². The molecule has 0 amide bonds. The highest BCUT2D eigenvalue weighted by molar-refractivity contribution is 8.00. The third-order valence-electron chi connectivity index (χ3n) is 3.14. The van der Waals surface area contributed by atoms with Crippen molar-refractivity contribution in [2.45, 2.75) is 30.4 Å². The number of nitrogens with zero attached hydrogens (tertiary/aromatic N) is 1. The lowest BCUT2D eigenvalue weighted by Crippen LogP contribution is -2.40. The molecular formula is C11H16N2O2S2. The topological polar surface area (TPSA) is 62.2 Å². The van der Waals surface area contributed by atoms with E-state index in [2.05, 4.69) is 16.6 Å². The van der Waals surface area contributed by atoms with Crippen LogP contribution in [0.2, 0.25) is 0 Å². The van der Waals surface area contributed by atoms with Gasteiger partial charge in [0.2, 0.25) is 0 Å². The predicted molar refractivity (Wildman–Crippen MR) is 72.0 cm³/mol. The van der Waals surface area contributed by atoms with Crippen LogP contribution >= 0.6 is 23.1 Å². The van der Waals surface area contributed by atoms with E-state index in [-0.39, 0.29) is 6.42 Å². The van der Waals surface area contributed by atoms with Crippen molar-refractivity contribution in [1.29, 1.82) is 0 Å². The Morgan fingerprint density at radius 2 is 2.47 bits per heavy atom. The van der Waals surface area contributed by atoms with Crippen LogP contribution in [0.1, 0.15) is 25.0 Å². The zero-order chi connectivity index (χ0) is 12.3. The highest BCUT2D eigenvalue weighted by atomic mass is 32.2. The number of thioether (sulfide) groups is 1. The lowest BCUT2D eigenvalue weighted by Gasteiger charge is -2.40. The van der Waals surface area contributed by atoms with Crippen LogP contribution < -0.4 is 5.32 Å². The molecule has 1 aromatic heterocycles. The summed E-state index contributed by atoms with van der Waals surface area (Å²) < 4.78 is 0.374. The van der Waals surface area contributed by atoms with Crippen molar-refractivity contribution in [3.63, 3.8) is 0 Å². The highest BCUT2D eigenvalue weighted by Gasteiger charge is 2.35. The van der Waals surface area contributed by atoms with Crippen molar-refractivity contribution < 1.29 is 9.90 Å². The molecule has 1 aliphatic rings. The number of hydrogen-bond donors (Lipinski definition) is 2.